The topological polar surface area (TPSA) is 70.1 Å². The Morgan fingerprint density at radius 3 is 2.59 bits per heavy atom. The van der Waals surface area contributed by atoms with Gasteiger partial charge in [-0.2, -0.15) is 0 Å². The molecule has 0 saturated carbocycles. The second kappa shape index (κ2) is 8.31. The molecule has 1 fully saturated rings. The zero-order valence-corrected chi connectivity index (χ0v) is 15.7. The van der Waals surface area contributed by atoms with Crippen molar-refractivity contribution in [2.45, 2.75) is 13.0 Å². The van der Waals surface area contributed by atoms with Gasteiger partial charge in [0.15, 0.2) is 6.61 Å². The monoisotopic (exact) mass is 388 g/mol. The summed E-state index contributed by atoms with van der Waals surface area (Å²) in [5.74, 6) is -0.560. The van der Waals surface area contributed by atoms with E-state index in [0.717, 1.165) is 5.69 Å². The number of hydrogen-bond acceptors (Lipinski definition) is 4. The van der Waals surface area contributed by atoms with Crippen LogP contribution in [0.2, 0.25) is 5.02 Å². The first-order valence-corrected chi connectivity index (χ1v) is 9.08. The van der Waals surface area contributed by atoms with E-state index < -0.39 is 12.6 Å². The van der Waals surface area contributed by atoms with Crippen LogP contribution in [-0.2, 0) is 4.79 Å². The van der Waals surface area contributed by atoms with E-state index in [0.29, 0.717) is 36.0 Å². The van der Waals surface area contributed by atoms with Crippen molar-refractivity contribution >= 4 is 29.2 Å². The number of nitrogens with zero attached hydrogens (tertiary/aromatic N) is 2. The fraction of sp³-hybridized carbons (Fsp3) is 0.300. The summed E-state index contributed by atoms with van der Waals surface area (Å²) in [5.41, 5.74) is 1.41. The number of carbonyl (C=O) groups excluding carboxylic acids is 1. The molecule has 2 aromatic rings. The van der Waals surface area contributed by atoms with Crippen molar-refractivity contribution in [2.24, 2.45) is 0 Å². The zero-order chi connectivity index (χ0) is 19.4. The van der Waals surface area contributed by atoms with Crippen LogP contribution in [0.25, 0.3) is 0 Å². The predicted molar refractivity (Wildman–Crippen MR) is 104 cm³/mol. The quantitative estimate of drug-likeness (QED) is 0.852. The minimum Gasteiger partial charge on any atom is -0.480 e. The van der Waals surface area contributed by atoms with Crippen molar-refractivity contribution in [1.82, 2.24) is 4.90 Å². The molecule has 1 heterocycles. The molecule has 1 atom stereocenters. The highest BCUT2D eigenvalue weighted by Crippen LogP contribution is 2.33. The molecule has 0 aliphatic carbocycles. The number of aliphatic carboxylic acids is 1. The molecule has 3 rings (SSSR count). The number of hydrogen-bond donors (Lipinski definition) is 1. The Morgan fingerprint density at radius 1 is 1.19 bits per heavy atom. The van der Waals surface area contributed by atoms with Crippen molar-refractivity contribution in [3.63, 3.8) is 0 Å². The van der Waals surface area contributed by atoms with Crippen molar-refractivity contribution in [2.75, 3.05) is 31.1 Å². The highest BCUT2D eigenvalue weighted by molar-refractivity contribution is 6.31. The number of carboxylic acids is 1. The van der Waals surface area contributed by atoms with Gasteiger partial charge >= 0.3 is 5.97 Å². The van der Waals surface area contributed by atoms with Gasteiger partial charge in [0, 0.05) is 36.3 Å². The molecular weight excluding hydrogens is 368 g/mol. The Kier molecular flexibility index (Phi) is 5.86. The highest BCUT2D eigenvalue weighted by Gasteiger charge is 2.29. The first-order valence-electron chi connectivity index (χ1n) is 8.71. The van der Waals surface area contributed by atoms with Crippen molar-refractivity contribution < 1.29 is 19.4 Å². The Morgan fingerprint density at radius 2 is 1.93 bits per heavy atom. The molecule has 1 amide bonds. The van der Waals surface area contributed by atoms with Gasteiger partial charge in [0.25, 0.3) is 5.91 Å². The van der Waals surface area contributed by atoms with E-state index in [-0.39, 0.29) is 11.9 Å². The van der Waals surface area contributed by atoms with Gasteiger partial charge in [0.1, 0.15) is 5.75 Å². The number of anilines is 1. The van der Waals surface area contributed by atoms with Crippen LogP contribution < -0.4 is 9.64 Å². The summed E-state index contributed by atoms with van der Waals surface area (Å²) in [7, 11) is 0. The number of carbonyl (C=O) groups is 2. The van der Waals surface area contributed by atoms with Crippen LogP contribution in [0, 0.1) is 0 Å². The third-order valence-corrected chi connectivity index (χ3v) is 4.76. The fourth-order valence-electron chi connectivity index (χ4n) is 3.22. The number of rotatable bonds is 5. The van der Waals surface area contributed by atoms with E-state index in [4.69, 9.17) is 21.4 Å². The summed E-state index contributed by atoms with van der Waals surface area (Å²) in [6.07, 6.45) is 0. The molecule has 2 aromatic carbocycles. The Labute approximate surface area is 162 Å². The Hall–Kier alpha value is -2.73. The average molecular weight is 389 g/mol. The van der Waals surface area contributed by atoms with Crippen molar-refractivity contribution in [3.8, 4) is 5.75 Å². The largest absolute Gasteiger partial charge is 0.480 e. The number of amides is 1. The molecule has 1 saturated heterocycles. The van der Waals surface area contributed by atoms with Gasteiger partial charge in [0.2, 0.25) is 0 Å². The van der Waals surface area contributed by atoms with Crippen molar-refractivity contribution in [3.05, 3.63) is 59.1 Å². The van der Waals surface area contributed by atoms with Crippen LogP contribution in [0.15, 0.2) is 48.5 Å². The van der Waals surface area contributed by atoms with Crippen LogP contribution in [0.5, 0.6) is 5.75 Å². The summed E-state index contributed by atoms with van der Waals surface area (Å²) < 4.78 is 5.41. The molecule has 0 bridgehead atoms. The fourth-order valence-corrected chi connectivity index (χ4v) is 3.39. The second-order valence-electron chi connectivity index (χ2n) is 6.45. The van der Waals surface area contributed by atoms with Crippen LogP contribution in [0.4, 0.5) is 5.69 Å². The molecule has 0 aromatic heterocycles. The van der Waals surface area contributed by atoms with Crippen molar-refractivity contribution in [1.29, 1.82) is 0 Å². The summed E-state index contributed by atoms with van der Waals surface area (Å²) >= 11 is 6.13. The van der Waals surface area contributed by atoms with Gasteiger partial charge in [-0.3, -0.25) is 4.79 Å². The van der Waals surface area contributed by atoms with E-state index >= 15 is 0 Å². The molecule has 0 spiro atoms. The molecule has 1 unspecified atom stereocenters. The molecule has 7 heteroatoms. The molecule has 1 aliphatic heterocycles. The van der Waals surface area contributed by atoms with Crippen LogP contribution in [0.3, 0.4) is 0 Å². The third kappa shape index (κ3) is 4.52. The lowest BCUT2D eigenvalue weighted by atomic mass is 10.1. The minimum atomic E-state index is -1.04. The maximum Gasteiger partial charge on any atom is 0.341 e. The van der Waals surface area contributed by atoms with E-state index in [2.05, 4.69) is 4.90 Å². The van der Waals surface area contributed by atoms with E-state index in [9.17, 15) is 9.59 Å². The number of benzene rings is 2. The standard InChI is InChI=1S/C20H21ClN2O4/c1-14-12-22(9-10-23(14)20(26)15-5-3-2-4-6-15)17-11-16(21)7-8-18(17)27-13-19(24)25/h2-8,11,14H,9-10,12-13H2,1H3,(H,24,25). The lowest BCUT2D eigenvalue weighted by Gasteiger charge is -2.41. The smallest absolute Gasteiger partial charge is 0.341 e. The molecule has 142 valence electrons. The summed E-state index contributed by atoms with van der Waals surface area (Å²) in [4.78, 5) is 27.5. The van der Waals surface area contributed by atoms with Crippen LogP contribution in [0.1, 0.15) is 17.3 Å². The minimum absolute atomic E-state index is 0.0104. The van der Waals surface area contributed by atoms with E-state index in [1.54, 1.807) is 18.2 Å². The lowest BCUT2D eigenvalue weighted by molar-refractivity contribution is -0.139. The average Bonchev–Trinajstić information content (AvgIpc) is 2.67. The normalized spacial score (nSPS) is 16.9. The van der Waals surface area contributed by atoms with Gasteiger partial charge in [-0.1, -0.05) is 29.8 Å². The van der Waals surface area contributed by atoms with Crippen LogP contribution in [-0.4, -0.2) is 54.2 Å². The maximum absolute atomic E-state index is 12.7. The van der Waals surface area contributed by atoms with E-state index in [1.807, 2.05) is 42.2 Å². The lowest BCUT2D eigenvalue weighted by Crippen LogP contribution is -2.54. The third-order valence-electron chi connectivity index (χ3n) is 4.52. The maximum atomic E-state index is 12.7. The summed E-state index contributed by atoms with van der Waals surface area (Å²) in [5, 5.41) is 9.41. The summed E-state index contributed by atoms with van der Waals surface area (Å²) in [6, 6.07) is 14.3. The van der Waals surface area contributed by atoms with Crippen LogP contribution >= 0.6 is 11.6 Å². The predicted octanol–water partition coefficient (Wildman–Crippen LogP) is 3.15. The number of ether oxygens (including phenoxy) is 1. The molecule has 0 radical (unpaired) electrons. The Balaban J connectivity index is 1.75. The SMILES string of the molecule is CC1CN(c2cc(Cl)ccc2OCC(=O)O)CCN1C(=O)c1ccccc1. The molecule has 1 N–H and O–H groups in total. The number of halogens is 1. The number of piperazine rings is 1. The van der Waals surface area contributed by atoms with Gasteiger partial charge in [-0.15, -0.1) is 0 Å². The number of carboxylic acid groups (broad SMARTS) is 1. The zero-order valence-electron chi connectivity index (χ0n) is 15.0. The van der Waals surface area contributed by atoms with Gasteiger partial charge in [-0.05, 0) is 37.3 Å². The van der Waals surface area contributed by atoms with Gasteiger partial charge < -0.3 is 19.6 Å². The van der Waals surface area contributed by atoms with Gasteiger partial charge in [-0.25, -0.2) is 4.79 Å². The highest BCUT2D eigenvalue weighted by atomic mass is 35.5. The van der Waals surface area contributed by atoms with Gasteiger partial charge in [0.05, 0.1) is 5.69 Å². The first-order chi connectivity index (χ1) is 13.0. The molecule has 6 nitrogen and oxygen atoms in total. The molecule has 1 aliphatic rings. The Bertz CT molecular complexity index is 828. The molecule has 27 heavy (non-hydrogen) atoms. The summed E-state index contributed by atoms with van der Waals surface area (Å²) in [6.45, 7) is 3.33. The van der Waals surface area contributed by atoms with E-state index in [1.165, 1.54) is 0 Å². The second-order valence-corrected chi connectivity index (χ2v) is 6.89. The molecular formula is C20H21ClN2O4. The first kappa shape index (κ1) is 19.0.